The molecular weight excluding hydrogens is 634 g/mol. The van der Waals surface area contributed by atoms with Gasteiger partial charge in [0.15, 0.2) is 0 Å². The van der Waals surface area contributed by atoms with E-state index < -0.39 is 23.2 Å². The maximum atomic E-state index is 14.9. The molecule has 3 aromatic rings. The second-order valence-electron chi connectivity index (χ2n) is 13.0. The Morgan fingerprint density at radius 1 is 1.13 bits per heavy atom. The molecule has 0 bridgehead atoms. The van der Waals surface area contributed by atoms with Crippen LogP contribution in [0.3, 0.4) is 0 Å². The molecule has 1 amide bonds. The second-order valence-corrected chi connectivity index (χ2v) is 14.0. The number of likely N-dealkylation sites (tertiary alicyclic amines) is 1. The average molecular weight is 672 g/mol. The molecule has 7 rings (SSSR count). The van der Waals surface area contributed by atoms with E-state index in [1.165, 1.54) is 30.0 Å². The van der Waals surface area contributed by atoms with Gasteiger partial charge in [0.25, 0.3) is 0 Å². The van der Waals surface area contributed by atoms with Gasteiger partial charge in [0.05, 0.1) is 30.3 Å². The van der Waals surface area contributed by atoms with Crippen LogP contribution in [0.1, 0.15) is 37.8 Å². The van der Waals surface area contributed by atoms with Gasteiger partial charge in [-0.05, 0) is 75.0 Å². The Hall–Kier alpha value is -3.42. The van der Waals surface area contributed by atoms with Gasteiger partial charge in [-0.15, -0.1) is 11.8 Å². The van der Waals surface area contributed by atoms with Crippen LogP contribution in [-0.4, -0.2) is 89.0 Å². The van der Waals surface area contributed by atoms with Crippen molar-refractivity contribution in [3.63, 3.8) is 0 Å². The highest BCUT2D eigenvalue weighted by Crippen LogP contribution is 2.50. The van der Waals surface area contributed by atoms with E-state index in [9.17, 15) is 27.2 Å². The summed E-state index contributed by atoms with van der Waals surface area (Å²) in [5.41, 5.74) is -0.731. The van der Waals surface area contributed by atoms with Crippen LogP contribution >= 0.6 is 11.8 Å². The van der Waals surface area contributed by atoms with E-state index in [0.717, 1.165) is 63.8 Å². The minimum absolute atomic E-state index is 0.0516. The van der Waals surface area contributed by atoms with Crippen molar-refractivity contribution in [3.05, 3.63) is 64.9 Å². The van der Waals surface area contributed by atoms with Gasteiger partial charge in [-0.25, -0.2) is 9.18 Å². The van der Waals surface area contributed by atoms with Crippen LogP contribution in [0.25, 0.3) is 22.0 Å². The average Bonchev–Trinajstić information content (AvgIpc) is 3.02. The Labute approximate surface area is 274 Å². The fourth-order valence-electron chi connectivity index (χ4n) is 7.58. The van der Waals surface area contributed by atoms with Gasteiger partial charge in [0, 0.05) is 53.3 Å². The highest BCUT2D eigenvalue weighted by molar-refractivity contribution is 7.99. The molecule has 1 aromatic heterocycles. The van der Waals surface area contributed by atoms with E-state index in [4.69, 9.17) is 4.74 Å². The van der Waals surface area contributed by atoms with E-state index >= 15 is 0 Å². The van der Waals surface area contributed by atoms with Crippen LogP contribution in [0.15, 0.2) is 52.7 Å². The molecule has 4 aliphatic heterocycles. The minimum Gasteiger partial charge on any atom is -0.378 e. The zero-order valence-electron chi connectivity index (χ0n) is 26.1. The van der Waals surface area contributed by atoms with Crippen molar-refractivity contribution in [3.8, 4) is 11.1 Å². The van der Waals surface area contributed by atoms with Crippen LogP contribution in [0.4, 0.5) is 23.4 Å². The number of amides is 1. The molecule has 8 nitrogen and oxygen atoms in total. The number of ether oxygens (including phenoxy) is 1. The van der Waals surface area contributed by atoms with Crippen LogP contribution in [-0.2, 0) is 15.7 Å². The molecule has 0 aliphatic carbocycles. The van der Waals surface area contributed by atoms with Crippen LogP contribution in [0, 0.1) is 11.7 Å². The first kappa shape index (κ1) is 32.1. The second kappa shape index (κ2) is 12.6. The summed E-state index contributed by atoms with van der Waals surface area (Å²) in [6.45, 7) is 9.80. The molecule has 0 radical (unpaired) electrons. The molecule has 3 fully saturated rings. The molecule has 5 heterocycles. The third-order valence-electron chi connectivity index (χ3n) is 10.1. The van der Waals surface area contributed by atoms with Crippen molar-refractivity contribution in [1.82, 2.24) is 19.4 Å². The number of nitrogens with zero attached hydrogens (tertiary/aromatic N) is 5. The number of carbonyl (C=O) groups excluding carboxylic acids is 1. The molecule has 3 saturated heterocycles. The molecular formula is C34H37F4N5O3S. The summed E-state index contributed by atoms with van der Waals surface area (Å²) in [7, 11) is 0. The van der Waals surface area contributed by atoms with Crippen molar-refractivity contribution in [2.45, 2.75) is 55.4 Å². The Bertz CT molecular complexity index is 1750. The lowest BCUT2D eigenvalue weighted by Gasteiger charge is -2.42. The molecule has 2 atom stereocenters. The van der Waals surface area contributed by atoms with E-state index in [1.54, 1.807) is 9.47 Å². The fraction of sp³-hybridized carbons (Fsp3) is 0.500. The van der Waals surface area contributed by atoms with E-state index in [1.807, 2.05) is 11.8 Å². The normalized spacial score (nSPS) is 22.8. The lowest BCUT2D eigenvalue weighted by atomic mass is 9.89. The monoisotopic (exact) mass is 671 g/mol. The van der Waals surface area contributed by atoms with E-state index in [0.29, 0.717) is 47.8 Å². The number of anilines is 1. The molecule has 250 valence electrons. The molecule has 0 unspecified atom stereocenters. The summed E-state index contributed by atoms with van der Waals surface area (Å²) in [5.74, 6) is 0.202. The predicted octanol–water partition coefficient (Wildman–Crippen LogP) is 5.59. The molecule has 0 N–H and O–H groups in total. The summed E-state index contributed by atoms with van der Waals surface area (Å²) in [6, 6.07) is 6.06. The Morgan fingerprint density at radius 3 is 2.47 bits per heavy atom. The third kappa shape index (κ3) is 5.95. The van der Waals surface area contributed by atoms with Gasteiger partial charge in [-0.3, -0.25) is 14.3 Å². The maximum Gasteiger partial charge on any atom is 0.417 e. The number of aromatic nitrogens is 2. The first-order valence-electron chi connectivity index (χ1n) is 16.1. The molecule has 13 heteroatoms. The predicted molar refractivity (Wildman–Crippen MR) is 173 cm³/mol. The highest BCUT2D eigenvalue weighted by Gasteiger charge is 2.40. The number of rotatable bonds is 6. The topological polar surface area (TPSA) is 70.9 Å². The molecule has 0 spiro atoms. The van der Waals surface area contributed by atoms with Crippen molar-refractivity contribution >= 4 is 34.4 Å². The molecule has 2 aromatic carbocycles. The fourth-order valence-corrected chi connectivity index (χ4v) is 8.95. The van der Waals surface area contributed by atoms with Gasteiger partial charge in [0.1, 0.15) is 11.6 Å². The Morgan fingerprint density at radius 2 is 1.85 bits per heavy atom. The first-order chi connectivity index (χ1) is 22.5. The summed E-state index contributed by atoms with van der Waals surface area (Å²) in [6.07, 6.45) is -0.807. The summed E-state index contributed by atoms with van der Waals surface area (Å²) in [5, 5.41) is 0.255. The first-order valence-corrected chi connectivity index (χ1v) is 17.1. The molecule has 4 aliphatic rings. The Balaban J connectivity index is 1.35. The largest absolute Gasteiger partial charge is 0.417 e. The molecule has 0 saturated carbocycles. The van der Waals surface area contributed by atoms with Gasteiger partial charge in [-0.1, -0.05) is 18.7 Å². The minimum atomic E-state index is -4.73. The standard InChI is InChI=1S/C34H37F4N5O3S/c1-3-28(44)41-12-13-42(20(2)16-41)32-26-15-27(34(36,37)38)29(22-4-6-23(35)7-5-22)31-30(26)43(33(45)39-32)24(19-47-31)14-21-8-10-40(11-9-21)25-17-46-18-25/h3-7,15,20-21,24-25H,1,8-14,16-19H2,2H3/t20-,24-/m0/s1. The zero-order chi connectivity index (χ0) is 33.0. The summed E-state index contributed by atoms with van der Waals surface area (Å²) in [4.78, 5) is 37.2. The number of piperazine rings is 1. The third-order valence-corrected chi connectivity index (χ3v) is 11.4. The lowest BCUT2D eigenvalue weighted by Crippen LogP contribution is -2.54. The van der Waals surface area contributed by atoms with Crippen LogP contribution in [0.5, 0.6) is 0 Å². The van der Waals surface area contributed by atoms with Gasteiger partial charge in [-0.2, -0.15) is 18.2 Å². The van der Waals surface area contributed by atoms with Crippen LogP contribution < -0.4 is 10.6 Å². The molecule has 47 heavy (non-hydrogen) atoms. The van der Waals surface area contributed by atoms with Gasteiger partial charge in [0.2, 0.25) is 5.91 Å². The zero-order valence-corrected chi connectivity index (χ0v) is 27.0. The van der Waals surface area contributed by atoms with E-state index in [2.05, 4.69) is 16.5 Å². The summed E-state index contributed by atoms with van der Waals surface area (Å²) < 4.78 is 65.8. The number of thioether (sulfide) groups is 1. The smallest absolute Gasteiger partial charge is 0.378 e. The number of alkyl halides is 3. The van der Waals surface area contributed by atoms with E-state index in [-0.39, 0.29) is 40.3 Å². The number of hydrogen-bond acceptors (Lipinski definition) is 7. The van der Waals surface area contributed by atoms with Crippen molar-refractivity contribution in [2.75, 3.05) is 56.6 Å². The van der Waals surface area contributed by atoms with Crippen LogP contribution in [0.2, 0.25) is 0 Å². The number of benzene rings is 2. The summed E-state index contributed by atoms with van der Waals surface area (Å²) >= 11 is 1.33. The number of hydrogen-bond donors (Lipinski definition) is 0. The maximum absolute atomic E-state index is 14.9. The van der Waals surface area contributed by atoms with Crippen molar-refractivity contribution in [2.24, 2.45) is 5.92 Å². The quantitative estimate of drug-likeness (QED) is 0.250. The lowest BCUT2D eigenvalue weighted by molar-refractivity contribution is -0.137. The van der Waals surface area contributed by atoms with Gasteiger partial charge < -0.3 is 14.5 Å². The number of piperidine rings is 1. The Kier molecular flexibility index (Phi) is 8.58. The number of carbonyl (C=O) groups is 1. The highest BCUT2D eigenvalue weighted by atomic mass is 32.2. The van der Waals surface area contributed by atoms with Crippen molar-refractivity contribution in [1.29, 1.82) is 0 Å². The SMILES string of the molecule is C=CC(=O)N1CCN(c2nc(=O)n3c4c(c(-c5ccc(F)cc5)c(C(F)(F)F)cc24)SC[C@@H]3CC2CCN(C3COC3)CC2)[C@@H](C)C1. The van der Waals surface area contributed by atoms with Crippen molar-refractivity contribution < 1.29 is 27.1 Å². The van der Waals surface area contributed by atoms with Gasteiger partial charge >= 0.3 is 11.9 Å². The number of halogens is 4.